The molecule has 11 heavy (non-hydrogen) atoms. The minimum absolute atomic E-state index is 0.749. The Balaban J connectivity index is 2.23. The number of rotatable bonds is 4. The van der Waals surface area contributed by atoms with Gasteiger partial charge in [0.2, 0.25) is 0 Å². The highest BCUT2D eigenvalue weighted by Crippen LogP contribution is 2.58. The van der Waals surface area contributed by atoms with Crippen molar-refractivity contribution in [1.29, 1.82) is 0 Å². The largest absolute Gasteiger partial charge is 0.0654 e. The van der Waals surface area contributed by atoms with Crippen molar-refractivity contribution >= 4 is 0 Å². The van der Waals surface area contributed by atoms with E-state index in [4.69, 9.17) is 0 Å². The molecule has 0 aromatic heterocycles. The van der Waals surface area contributed by atoms with Gasteiger partial charge in [0.05, 0.1) is 0 Å². The third kappa shape index (κ3) is 2.21. The van der Waals surface area contributed by atoms with E-state index in [1.807, 2.05) is 0 Å². The molecule has 0 nitrogen and oxygen atoms in total. The topological polar surface area (TPSA) is 0 Å². The van der Waals surface area contributed by atoms with Crippen LogP contribution in [0.4, 0.5) is 0 Å². The van der Waals surface area contributed by atoms with Crippen molar-refractivity contribution in [3.05, 3.63) is 0 Å². The van der Waals surface area contributed by atoms with E-state index in [0.717, 1.165) is 17.3 Å². The van der Waals surface area contributed by atoms with Crippen LogP contribution in [0.5, 0.6) is 0 Å². The van der Waals surface area contributed by atoms with E-state index in [-0.39, 0.29) is 0 Å². The second kappa shape index (κ2) is 3.16. The molecule has 2 unspecified atom stereocenters. The molecule has 0 aromatic rings. The van der Waals surface area contributed by atoms with Crippen molar-refractivity contribution in [2.45, 2.75) is 53.4 Å². The van der Waals surface area contributed by atoms with Crippen LogP contribution in [0.3, 0.4) is 0 Å². The molecule has 0 heterocycles. The maximum Gasteiger partial charge on any atom is -0.0294 e. The molecule has 1 saturated carbocycles. The SMILES string of the molecule is CCCC1(C)CC1CC(C)C. The molecular weight excluding hydrogens is 132 g/mol. The lowest BCUT2D eigenvalue weighted by molar-refractivity contribution is 0.408. The van der Waals surface area contributed by atoms with E-state index >= 15 is 0 Å². The minimum atomic E-state index is 0.749. The van der Waals surface area contributed by atoms with Crippen LogP contribution in [0.25, 0.3) is 0 Å². The molecule has 0 aliphatic heterocycles. The average Bonchev–Trinajstić information content (AvgIpc) is 2.40. The van der Waals surface area contributed by atoms with Gasteiger partial charge in [-0.3, -0.25) is 0 Å². The monoisotopic (exact) mass is 154 g/mol. The van der Waals surface area contributed by atoms with Gasteiger partial charge in [-0.2, -0.15) is 0 Å². The molecule has 0 bridgehead atoms. The Labute approximate surface area is 71.4 Å². The zero-order valence-corrected chi connectivity index (χ0v) is 8.48. The molecule has 66 valence electrons. The second-order valence-corrected chi connectivity index (χ2v) is 4.93. The number of hydrogen-bond acceptors (Lipinski definition) is 0. The Morgan fingerprint density at radius 1 is 1.45 bits per heavy atom. The van der Waals surface area contributed by atoms with Gasteiger partial charge >= 0.3 is 0 Å². The van der Waals surface area contributed by atoms with Crippen molar-refractivity contribution < 1.29 is 0 Å². The predicted octanol–water partition coefficient (Wildman–Crippen LogP) is 3.86. The zero-order chi connectivity index (χ0) is 8.48. The lowest BCUT2D eigenvalue weighted by Crippen LogP contribution is -1.99. The maximum atomic E-state index is 2.46. The van der Waals surface area contributed by atoms with E-state index in [2.05, 4.69) is 27.7 Å². The first kappa shape index (κ1) is 9.09. The van der Waals surface area contributed by atoms with Crippen molar-refractivity contribution in [2.24, 2.45) is 17.3 Å². The predicted molar refractivity (Wildman–Crippen MR) is 50.6 cm³/mol. The van der Waals surface area contributed by atoms with Crippen molar-refractivity contribution in [3.63, 3.8) is 0 Å². The summed E-state index contributed by atoms with van der Waals surface area (Å²) in [7, 11) is 0. The highest BCUT2D eigenvalue weighted by atomic mass is 14.5. The Morgan fingerprint density at radius 2 is 2.09 bits per heavy atom. The fraction of sp³-hybridized carbons (Fsp3) is 1.00. The Hall–Kier alpha value is 0. The van der Waals surface area contributed by atoms with E-state index in [1.165, 1.54) is 25.7 Å². The van der Waals surface area contributed by atoms with E-state index in [0.29, 0.717) is 0 Å². The molecule has 0 heteroatoms. The molecular formula is C11H22. The molecule has 1 rings (SSSR count). The summed E-state index contributed by atoms with van der Waals surface area (Å²) in [6, 6.07) is 0. The summed E-state index contributed by atoms with van der Waals surface area (Å²) in [4.78, 5) is 0. The summed E-state index contributed by atoms with van der Waals surface area (Å²) in [5.41, 5.74) is 0.749. The lowest BCUT2D eigenvalue weighted by Gasteiger charge is -2.10. The van der Waals surface area contributed by atoms with Gasteiger partial charge in [-0.1, -0.05) is 34.1 Å². The minimum Gasteiger partial charge on any atom is -0.0654 e. The van der Waals surface area contributed by atoms with Crippen LogP contribution >= 0.6 is 0 Å². The summed E-state index contributed by atoms with van der Waals surface area (Å²) < 4.78 is 0. The summed E-state index contributed by atoms with van der Waals surface area (Å²) >= 11 is 0. The molecule has 0 saturated heterocycles. The van der Waals surface area contributed by atoms with Gasteiger partial charge < -0.3 is 0 Å². The van der Waals surface area contributed by atoms with Crippen LogP contribution in [0.1, 0.15) is 53.4 Å². The van der Waals surface area contributed by atoms with E-state index < -0.39 is 0 Å². The molecule has 0 spiro atoms. The summed E-state index contributed by atoms with van der Waals surface area (Å²) in [6.07, 6.45) is 5.77. The second-order valence-electron chi connectivity index (χ2n) is 4.93. The maximum absolute atomic E-state index is 2.46. The molecule has 0 amide bonds. The van der Waals surface area contributed by atoms with Crippen molar-refractivity contribution in [1.82, 2.24) is 0 Å². The third-order valence-electron chi connectivity index (χ3n) is 3.12. The van der Waals surface area contributed by atoms with E-state index in [1.54, 1.807) is 0 Å². The van der Waals surface area contributed by atoms with Gasteiger partial charge in [0.1, 0.15) is 0 Å². The first-order chi connectivity index (χ1) is 5.08. The van der Waals surface area contributed by atoms with Crippen LogP contribution < -0.4 is 0 Å². The van der Waals surface area contributed by atoms with Crippen molar-refractivity contribution in [3.8, 4) is 0 Å². The molecule has 1 aliphatic carbocycles. The highest BCUT2D eigenvalue weighted by molar-refractivity contribution is 4.98. The van der Waals surface area contributed by atoms with Crippen LogP contribution in [0, 0.1) is 17.3 Å². The van der Waals surface area contributed by atoms with Gasteiger partial charge in [-0.05, 0) is 36.5 Å². The summed E-state index contributed by atoms with van der Waals surface area (Å²) in [6.45, 7) is 9.44. The molecule has 0 aromatic carbocycles. The fourth-order valence-corrected chi connectivity index (χ4v) is 2.32. The van der Waals surface area contributed by atoms with E-state index in [9.17, 15) is 0 Å². The summed E-state index contributed by atoms with van der Waals surface area (Å²) in [5.74, 6) is 1.96. The van der Waals surface area contributed by atoms with Gasteiger partial charge in [0.15, 0.2) is 0 Å². The van der Waals surface area contributed by atoms with Gasteiger partial charge in [-0.15, -0.1) is 0 Å². The first-order valence-electron chi connectivity index (χ1n) is 5.08. The number of hydrogen-bond donors (Lipinski definition) is 0. The normalized spacial score (nSPS) is 36.3. The Bertz CT molecular complexity index is 126. The zero-order valence-electron chi connectivity index (χ0n) is 8.48. The van der Waals surface area contributed by atoms with Crippen LogP contribution in [-0.4, -0.2) is 0 Å². The van der Waals surface area contributed by atoms with Gasteiger partial charge in [-0.25, -0.2) is 0 Å². The molecule has 2 atom stereocenters. The lowest BCUT2D eigenvalue weighted by atomic mass is 9.95. The average molecular weight is 154 g/mol. The molecule has 0 radical (unpaired) electrons. The smallest absolute Gasteiger partial charge is 0.0294 e. The Morgan fingerprint density at radius 3 is 2.55 bits per heavy atom. The quantitative estimate of drug-likeness (QED) is 0.577. The summed E-state index contributed by atoms with van der Waals surface area (Å²) in [5, 5.41) is 0. The first-order valence-corrected chi connectivity index (χ1v) is 5.08. The molecule has 1 fully saturated rings. The van der Waals surface area contributed by atoms with Crippen LogP contribution in [0.2, 0.25) is 0 Å². The standard InChI is InChI=1S/C11H22/c1-5-6-11(4)8-10(11)7-9(2)3/h9-10H,5-8H2,1-4H3. The molecule has 0 N–H and O–H groups in total. The van der Waals surface area contributed by atoms with Crippen molar-refractivity contribution in [2.75, 3.05) is 0 Å². The fourth-order valence-electron chi connectivity index (χ4n) is 2.32. The van der Waals surface area contributed by atoms with Gasteiger partial charge in [0, 0.05) is 0 Å². The highest BCUT2D eigenvalue weighted by Gasteiger charge is 2.48. The van der Waals surface area contributed by atoms with Gasteiger partial charge in [0.25, 0.3) is 0 Å². The van der Waals surface area contributed by atoms with Crippen LogP contribution in [-0.2, 0) is 0 Å². The van der Waals surface area contributed by atoms with Crippen LogP contribution in [0.15, 0.2) is 0 Å². The Kier molecular flexibility index (Phi) is 2.61. The third-order valence-corrected chi connectivity index (χ3v) is 3.12. The molecule has 1 aliphatic rings.